The van der Waals surface area contributed by atoms with Gasteiger partial charge in [-0.2, -0.15) is 13.2 Å². The van der Waals surface area contributed by atoms with E-state index in [1.807, 2.05) is 0 Å². The molecule has 1 saturated carbocycles. The molecule has 1 aliphatic carbocycles. The van der Waals surface area contributed by atoms with Gasteiger partial charge < -0.3 is 9.30 Å². The standard InChI is InChI=1S/C28H23F4N7O2/c1-3-38-13-20(28(30,31)32)36-26(38)18-8-4-15(10-19(18)29)12-39-21(40)9-7-17-11-33-24(37-25(17)39)22-23(16-5-6-16)34-14-35-27(22)41-2/h4,7-11,13-14,16H,3,5-6,12H2,1-2H3. The predicted molar refractivity (Wildman–Crippen MR) is 141 cm³/mol. The number of hydrogen-bond donors (Lipinski definition) is 0. The summed E-state index contributed by atoms with van der Waals surface area (Å²) in [4.78, 5) is 34.5. The van der Waals surface area contributed by atoms with E-state index in [1.165, 1.54) is 40.8 Å². The lowest BCUT2D eigenvalue weighted by atomic mass is 10.1. The van der Waals surface area contributed by atoms with Crippen molar-refractivity contribution in [2.45, 2.75) is 44.9 Å². The Balaban J connectivity index is 1.40. The van der Waals surface area contributed by atoms with E-state index < -0.39 is 17.7 Å². The maximum Gasteiger partial charge on any atom is 0.434 e. The zero-order valence-corrected chi connectivity index (χ0v) is 22.0. The molecule has 1 aliphatic rings. The first-order valence-electron chi connectivity index (χ1n) is 12.9. The second-order valence-electron chi connectivity index (χ2n) is 9.70. The molecule has 210 valence electrons. The Morgan fingerprint density at radius 2 is 1.88 bits per heavy atom. The minimum Gasteiger partial charge on any atom is -0.480 e. The van der Waals surface area contributed by atoms with Crippen LogP contribution in [0.15, 0.2) is 53.8 Å². The van der Waals surface area contributed by atoms with Gasteiger partial charge >= 0.3 is 6.18 Å². The molecule has 0 unspecified atom stereocenters. The quantitative estimate of drug-likeness (QED) is 0.249. The van der Waals surface area contributed by atoms with Gasteiger partial charge in [-0.25, -0.2) is 29.3 Å². The van der Waals surface area contributed by atoms with Gasteiger partial charge in [-0.05, 0) is 43.5 Å². The molecule has 0 bridgehead atoms. The monoisotopic (exact) mass is 565 g/mol. The highest BCUT2D eigenvalue weighted by atomic mass is 19.4. The minimum absolute atomic E-state index is 0.0439. The van der Waals surface area contributed by atoms with Gasteiger partial charge in [-0.1, -0.05) is 6.07 Å². The molecule has 4 aromatic heterocycles. The lowest BCUT2D eigenvalue weighted by Gasteiger charge is -2.14. The van der Waals surface area contributed by atoms with Crippen LogP contribution in [-0.2, 0) is 19.3 Å². The topological polar surface area (TPSA) is 101 Å². The highest BCUT2D eigenvalue weighted by Crippen LogP contribution is 2.44. The molecule has 0 radical (unpaired) electrons. The molecular weight excluding hydrogens is 542 g/mol. The summed E-state index contributed by atoms with van der Waals surface area (Å²) in [6.07, 6.45) is 1.17. The molecule has 4 heterocycles. The number of methoxy groups -OCH3 is 1. The van der Waals surface area contributed by atoms with E-state index >= 15 is 4.39 Å². The van der Waals surface area contributed by atoms with Gasteiger partial charge in [0.2, 0.25) is 5.88 Å². The second kappa shape index (κ2) is 10.1. The number of imidazole rings is 1. The van der Waals surface area contributed by atoms with Gasteiger partial charge in [0.05, 0.1) is 24.9 Å². The molecule has 1 fully saturated rings. The van der Waals surface area contributed by atoms with Crippen LogP contribution in [-0.4, -0.2) is 41.2 Å². The van der Waals surface area contributed by atoms with Crippen LogP contribution in [0.2, 0.25) is 0 Å². The van der Waals surface area contributed by atoms with Gasteiger partial charge in [0.15, 0.2) is 11.5 Å². The third-order valence-electron chi connectivity index (χ3n) is 6.97. The lowest BCUT2D eigenvalue weighted by molar-refractivity contribution is -0.140. The first kappa shape index (κ1) is 26.5. The highest BCUT2D eigenvalue weighted by molar-refractivity contribution is 5.78. The van der Waals surface area contributed by atoms with Gasteiger partial charge in [0, 0.05) is 36.3 Å². The maximum absolute atomic E-state index is 15.3. The molecule has 0 amide bonds. The normalized spacial score (nSPS) is 13.6. The molecule has 0 N–H and O–H groups in total. The summed E-state index contributed by atoms with van der Waals surface area (Å²) >= 11 is 0. The van der Waals surface area contributed by atoms with Crippen molar-refractivity contribution < 1.29 is 22.3 Å². The van der Waals surface area contributed by atoms with Crippen LogP contribution in [0.4, 0.5) is 17.6 Å². The van der Waals surface area contributed by atoms with Crippen molar-refractivity contribution in [2.75, 3.05) is 7.11 Å². The number of nitrogens with zero attached hydrogens (tertiary/aromatic N) is 7. The summed E-state index contributed by atoms with van der Waals surface area (Å²) in [5.74, 6) is -0.0296. The van der Waals surface area contributed by atoms with Crippen molar-refractivity contribution in [1.29, 1.82) is 0 Å². The van der Waals surface area contributed by atoms with Crippen LogP contribution in [0.1, 0.15) is 42.6 Å². The van der Waals surface area contributed by atoms with Crippen molar-refractivity contribution in [2.24, 2.45) is 0 Å². The van der Waals surface area contributed by atoms with Gasteiger partial charge in [-0.3, -0.25) is 9.36 Å². The summed E-state index contributed by atoms with van der Waals surface area (Å²) in [6.45, 7) is 1.77. The molecule has 1 aromatic carbocycles. The van der Waals surface area contributed by atoms with Crippen LogP contribution in [0.5, 0.6) is 5.88 Å². The zero-order valence-electron chi connectivity index (χ0n) is 22.0. The van der Waals surface area contributed by atoms with E-state index in [4.69, 9.17) is 9.72 Å². The average Bonchev–Trinajstić information content (AvgIpc) is 3.71. The number of alkyl halides is 3. The Bertz CT molecular complexity index is 1840. The molecule has 0 spiro atoms. The fourth-order valence-electron chi connectivity index (χ4n) is 4.79. The number of aryl methyl sites for hydroxylation is 1. The number of rotatable bonds is 7. The number of aromatic nitrogens is 7. The van der Waals surface area contributed by atoms with Crippen LogP contribution in [0, 0.1) is 5.82 Å². The average molecular weight is 566 g/mol. The van der Waals surface area contributed by atoms with E-state index in [0.717, 1.165) is 24.7 Å². The Morgan fingerprint density at radius 1 is 1.07 bits per heavy atom. The van der Waals surface area contributed by atoms with E-state index in [1.54, 1.807) is 25.3 Å². The first-order chi connectivity index (χ1) is 19.7. The van der Waals surface area contributed by atoms with E-state index in [-0.39, 0.29) is 36.0 Å². The second-order valence-corrected chi connectivity index (χ2v) is 9.70. The molecule has 5 aromatic rings. The maximum atomic E-state index is 15.3. The van der Waals surface area contributed by atoms with E-state index in [2.05, 4.69) is 19.9 Å². The van der Waals surface area contributed by atoms with Crippen LogP contribution in [0.3, 0.4) is 0 Å². The minimum atomic E-state index is -4.66. The van der Waals surface area contributed by atoms with Crippen LogP contribution in [0.25, 0.3) is 33.8 Å². The molecule has 9 nitrogen and oxygen atoms in total. The fourth-order valence-corrected chi connectivity index (χ4v) is 4.79. The van der Waals surface area contributed by atoms with Crippen molar-refractivity contribution in [3.8, 4) is 28.7 Å². The van der Waals surface area contributed by atoms with Crippen molar-refractivity contribution in [3.63, 3.8) is 0 Å². The number of hydrogen-bond acceptors (Lipinski definition) is 7. The fraction of sp³-hybridized carbons (Fsp3) is 0.286. The molecule has 41 heavy (non-hydrogen) atoms. The first-order valence-corrected chi connectivity index (χ1v) is 12.9. The number of benzene rings is 1. The highest BCUT2D eigenvalue weighted by Gasteiger charge is 2.35. The summed E-state index contributed by atoms with van der Waals surface area (Å²) in [5.41, 5.74) is 0.509. The molecule has 13 heteroatoms. The zero-order chi connectivity index (χ0) is 28.9. The van der Waals surface area contributed by atoms with Crippen molar-refractivity contribution in [1.82, 2.24) is 34.1 Å². The number of fused-ring (bicyclic) bond motifs is 1. The SMILES string of the molecule is CCn1cc(C(F)(F)F)nc1-c1ccc(Cn2c(=O)ccc3cnc(-c4c(OC)ncnc4C4CC4)nc32)cc1F. The largest absolute Gasteiger partial charge is 0.480 e. The summed E-state index contributed by atoms with van der Waals surface area (Å²) in [7, 11) is 1.49. The lowest BCUT2D eigenvalue weighted by Crippen LogP contribution is -2.21. The third-order valence-corrected chi connectivity index (χ3v) is 6.97. The van der Waals surface area contributed by atoms with Crippen LogP contribution < -0.4 is 10.3 Å². The van der Waals surface area contributed by atoms with E-state index in [0.29, 0.717) is 33.9 Å². The van der Waals surface area contributed by atoms with Gasteiger partial charge in [0.25, 0.3) is 5.56 Å². The Hall–Kier alpha value is -4.68. The number of pyridine rings is 1. The molecule has 0 aliphatic heterocycles. The smallest absolute Gasteiger partial charge is 0.434 e. The summed E-state index contributed by atoms with van der Waals surface area (Å²) in [5, 5.41) is 0.582. The van der Waals surface area contributed by atoms with Crippen molar-refractivity contribution in [3.05, 3.63) is 82.2 Å². The van der Waals surface area contributed by atoms with Crippen LogP contribution >= 0.6 is 0 Å². The number of halogens is 4. The molecule has 0 saturated heterocycles. The Kier molecular flexibility index (Phi) is 6.51. The summed E-state index contributed by atoms with van der Waals surface area (Å²) < 4.78 is 63.1. The predicted octanol–water partition coefficient (Wildman–Crippen LogP) is 5.22. The van der Waals surface area contributed by atoms with Gasteiger partial charge in [-0.15, -0.1) is 0 Å². The summed E-state index contributed by atoms with van der Waals surface area (Å²) in [6, 6.07) is 7.07. The number of ether oxygens (including phenoxy) is 1. The van der Waals surface area contributed by atoms with E-state index in [9.17, 15) is 18.0 Å². The molecular formula is C28H23F4N7O2. The molecule has 6 rings (SSSR count). The Labute approximate surface area is 230 Å². The van der Waals surface area contributed by atoms with Gasteiger partial charge in [0.1, 0.15) is 29.2 Å². The van der Waals surface area contributed by atoms with Crippen molar-refractivity contribution >= 4 is 11.0 Å². The molecule has 0 atom stereocenters. The third kappa shape index (κ3) is 4.92. The Morgan fingerprint density at radius 3 is 2.56 bits per heavy atom.